The molecule has 0 bridgehead atoms. The third-order valence-electron chi connectivity index (χ3n) is 6.91. The van der Waals surface area contributed by atoms with Crippen LogP contribution in [0.5, 0.6) is 0 Å². The van der Waals surface area contributed by atoms with Crippen molar-refractivity contribution in [3.63, 3.8) is 0 Å². The summed E-state index contributed by atoms with van der Waals surface area (Å²) in [5.41, 5.74) is 2.27. The van der Waals surface area contributed by atoms with E-state index in [2.05, 4.69) is 21.5 Å². The Morgan fingerprint density at radius 2 is 1.91 bits per heavy atom. The summed E-state index contributed by atoms with van der Waals surface area (Å²) in [5, 5.41) is 5.40. The second kappa shape index (κ2) is 9.71. The van der Waals surface area contributed by atoms with Crippen LogP contribution in [0.1, 0.15) is 57.6 Å². The van der Waals surface area contributed by atoms with Crippen molar-refractivity contribution in [2.75, 3.05) is 12.3 Å². The van der Waals surface area contributed by atoms with Crippen molar-refractivity contribution >= 4 is 17.7 Å². The summed E-state index contributed by atoms with van der Waals surface area (Å²) in [6.45, 7) is 3.85. The molecule has 0 aromatic heterocycles. The number of fused-ring (bicyclic) bond motifs is 3. The van der Waals surface area contributed by atoms with Crippen LogP contribution in [0.15, 0.2) is 40.3 Å². The molecule has 0 spiro atoms. The van der Waals surface area contributed by atoms with Crippen LogP contribution in [0.3, 0.4) is 0 Å². The normalized spacial score (nSPS) is 18.8. The molecule has 8 heteroatoms. The van der Waals surface area contributed by atoms with Gasteiger partial charge in [-0.25, -0.2) is 4.98 Å². The summed E-state index contributed by atoms with van der Waals surface area (Å²) in [7, 11) is 0. The SMILES string of the molecule is CCC1CCCCN1C(=O)CSc1nc2nn(-c3ccccc3)c(=O)c-2c2n1CCCCC2. The van der Waals surface area contributed by atoms with E-state index in [1.54, 1.807) is 0 Å². The molecule has 7 nitrogen and oxygen atoms in total. The van der Waals surface area contributed by atoms with E-state index in [1.807, 2.05) is 30.3 Å². The number of carbonyl (C=O) groups excluding carboxylic acids is 1. The number of carbonyl (C=O) groups is 1. The number of hydrogen-bond acceptors (Lipinski definition) is 5. The number of benzene rings is 1. The Bertz CT molecular complexity index is 1160. The van der Waals surface area contributed by atoms with Crippen LogP contribution < -0.4 is 5.56 Å². The molecule has 1 unspecified atom stereocenters. The molecule has 1 aromatic rings. The smallest absolute Gasteiger partial charge is 0.284 e. The molecule has 0 N–H and O–H groups in total. The molecule has 1 saturated heterocycles. The Balaban J connectivity index is 1.50. The number of likely N-dealkylation sites (tertiary alicyclic amines) is 1. The maximum absolute atomic E-state index is 13.3. The van der Waals surface area contributed by atoms with Gasteiger partial charge in [0.1, 0.15) is 5.56 Å². The van der Waals surface area contributed by atoms with Crippen molar-refractivity contribution in [2.45, 2.75) is 76.0 Å². The van der Waals surface area contributed by atoms with Crippen LogP contribution in [0.4, 0.5) is 0 Å². The van der Waals surface area contributed by atoms with Gasteiger partial charge in [0.2, 0.25) is 5.91 Å². The molecular weight excluding hydrogens is 434 g/mol. The summed E-state index contributed by atoms with van der Waals surface area (Å²) in [5.74, 6) is 1.05. The third-order valence-corrected chi connectivity index (χ3v) is 7.87. The second-order valence-electron chi connectivity index (χ2n) is 8.99. The first-order valence-corrected chi connectivity index (χ1v) is 13.2. The highest BCUT2D eigenvalue weighted by atomic mass is 32.2. The average molecular weight is 466 g/mol. The molecule has 1 aromatic carbocycles. The molecule has 0 saturated carbocycles. The minimum absolute atomic E-state index is 0.110. The number of piperidine rings is 1. The first-order chi connectivity index (χ1) is 16.2. The lowest BCUT2D eigenvalue weighted by atomic mass is 10.0. The molecule has 33 heavy (non-hydrogen) atoms. The van der Waals surface area contributed by atoms with Crippen LogP contribution in [-0.2, 0) is 17.8 Å². The van der Waals surface area contributed by atoms with E-state index >= 15 is 0 Å². The van der Waals surface area contributed by atoms with E-state index < -0.39 is 0 Å². The van der Waals surface area contributed by atoms with E-state index in [1.165, 1.54) is 22.9 Å². The lowest BCUT2D eigenvalue weighted by molar-refractivity contribution is -0.132. The average Bonchev–Trinajstić information content (AvgIpc) is 3.02. The first kappa shape index (κ1) is 22.2. The molecule has 1 amide bonds. The number of rotatable bonds is 5. The molecule has 174 valence electrons. The van der Waals surface area contributed by atoms with Gasteiger partial charge in [0.05, 0.1) is 11.4 Å². The number of aromatic nitrogens is 4. The molecule has 1 fully saturated rings. The highest BCUT2D eigenvalue weighted by Gasteiger charge is 2.29. The summed E-state index contributed by atoms with van der Waals surface area (Å²) in [4.78, 5) is 33.3. The van der Waals surface area contributed by atoms with Crippen LogP contribution in [0.2, 0.25) is 0 Å². The predicted molar refractivity (Wildman–Crippen MR) is 130 cm³/mol. The molecule has 4 aliphatic heterocycles. The summed E-state index contributed by atoms with van der Waals surface area (Å²) in [6, 6.07) is 9.86. The van der Waals surface area contributed by atoms with Crippen molar-refractivity contribution in [2.24, 2.45) is 0 Å². The molecule has 0 aliphatic carbocycles. The molecule has 4 heterocycles. The standard InChI is InChI=1S/C25H31N5O2S/c1-2-18-11-8-10-15-28(18)21(31)17-33-25-26-23-22(20-14-7-4-9-16-29(20)25)24(32)30(27-23)19-12-5-3-6-13-19/h3,5-6,12-13,18H,2,4,7-11,14-17H2,1H3. The zero-order chi connectivity index (χ0) is 22.8. The maximum atomic E-state index is 13.3. The number of nitrogens with zero attached hydrogens (tertiary/aromatic N) is 5. The van der Waals surface area contributed by atoms with Gasteiger partial charge in [0, 0.05) is 24.8 Å². The fourth-order valence-electron chi connectivity index (χ4n) is 5.17. The monoisotopic (exact) mass is 465 g/mol. The van der Waals surface area contributed by atoms with Crippen LogP contribution in [0.25, 0.3) is 17.1 Å². The van der Waals surface area contributed by atoms with Gasteiger partial charge >= 0.3 is 0 Å². The van der Waals surface area contributed by atoms with Crippen molar-refractivity contribution in [3.8, 4) is 17.1 Å². The van der Waals surface area contributed by atoms with Gasteiger partial charge in [-0.15, -0.1) is 5.10 Å². The van der Waals surface area contributed by atoms with Crippen LogP contribution >= 0.6 is 11.8 Å². The van der Waals surface area contributed by atoms with Crippen molar-refractivity contribution in [1.29, 1.82) is 0 Å². The van der Waals surface area contributed by atoms with Gasteiger partial charge in [-0.3, -0.25) is 9.59 Å². The topological polar surface area (TPSA) is 73.0 Å². The Morgan fingerprint density at radius 1 is 1.09 bits per heavy atom. The predicted octanol–water partition coefficient (Wildman–Crippen LogP) is 4.14. The van der Waals surface area contributed by atoms with E-state index in [0.29, 0.717) is 23.2 Å². The largest absolute Gasteiger partial charge is 0.339 e. The van der Waals surface area contributed by atoms with E-state index in [4.69, 9.17) is 4.98 Å². The van der Waals surface area contributed by atoms with Gasteiger partial charge in [-0.1, -0.05) is 43.3 Å². The fourth-order valence-corrected chi connectivity index (χ4v) is 6.10. The molecule has 4 aliphatic rings. The van der Waals surface area contributed by atoms with Gasteiger partial charge in [0.15, 0.2) is 11.0 Å². The Morgan fingerprint density at radius 3 is 2.73 bits per heavy atom. The van der Waals surface area contributed by atoms with Gasteiger partial charge < -0.3 is 9.47 Å². The van der Waals surface area contributed by atoms with Gasteiger partial charge in [-0.2, -0.15) is 4.68 Å². The summed E-state index contributed by atoms with van der Waals surface area (Å²) >= 11 is 1.49. The highest BCUT2D eigenvalue weighted by Crippen LogP contribution is 2.31. The number of thioether (sulfide) groups is 1. The lowest BCUT2D eigenvalue weighted by Crippen LogP contribution is -2.44. The number of para-hydroxylation sites is 1. The molecule has 0 radical (unpaired) electrons. The van der Waals surface area contributed by atoms with E-state index in [-0.39, 0.29) is 11.5 Å². The zero-order valence-electron chi connectivity index (χ0n) is 19.2. The van der Waals surface area contributed by atoms with E-state index in [0.717, 1.165) is 74.6 Å². The number of amides is 1. The van der Waals surface area contributed by atoms with Gasteiger partial charge in [-0.05, 0) is 57.1 Å². The lowest BCUT2D eigenvalue weighted by Gasteiger charge is -2.35. The molecule has 5 rings (SSSR count). The molecule has 1 atom stereocenters. The van der Waals surface area contributed by atoms with Crippen molar-refractivity contribution in [3.05, 3.63) is 46.4 Å². The Hall–Kier alpha value is -2.61. The van der Waals surface area contributed by atoms with Crippen molar-refractivity contribution in [1.82, 2.24) is 24.2 Å². The van der Waals surface area contributed by atoms with Crippen LogP contribution in [0, 0.1) is 0 Å². The Labute approximate surface area is 198 Å². The number of hydrogen-bond donors (Lipinski definition) is 0. The fraction of sp³-hybridized carbons (Fsp3) is 0.520. The maximum Gasteiger partial charge on any atom is 0.284 e. The molecular formula is C25H31N5O2S. The van der Waals surface area contributed by atoms with Gasteiger partial charge in [0.25, 0.3) is 5.56 Å². The quantitative estimate of drug-likeness (QED) is 0.418. The minimum atomic E-state index is -0.110. The first-order valence-electron chi connectivity index (χ1n) is 12.2. The highest BCUT2D eigenvalue weighted by molar-refractivity contribution is 7.99. The summed E-state index contributed by atoms with van der Waals surface area (Å²) in [6.07, 6.45) is 8.46. The van der Waals surface area contributed by atoms with Crippen molar-refractivity contribution < 1.29 is 4.79 Å². The summed E-state index contributed by atoms with van der Waals surface area (Å²) < 4.78 is 3.64. The van der Waals surface area contributed by atoms with E-state index in [9.17, 15) is 9.59 Å². The zero-order valence-corrected chi connectivity index (χ0v) is 20.0. The van der Waals surface area contributed by atoms with Crippen LogP contribution in [-0.4, -0.2) is 48.5 Å². The second-order valence-corrected chi connectivity index (χ2v) is 9.93. The minimum Gasteiger partial charge on any atom is -0.339 e. The Kier molecular flexibility index (Phi) is 6.53. The third kappa shape index (κ3) is 4.33.